The molecule has 0 saturated heterocycles. The molecule has 352 valence electrons. The molecule has 0 atom stereocenters. The van der Waals surface area contributed by atoms with Crippen LogP contribution in [0, 0.1) is 0 Å². The zero-order valence-corrected chi connectivity index (χ0v) is 43.8. The van der Waals surface area contributed by atoms with Crippen LogP contribution in [0.2, 0.25) is 0 Å². The van der Waals surface area contributed by atoms with Gasteiger partial charge in [-0.25, -0.2) is 0 Å². The molecule has 1 aliphatic carbocycles. The molecule has 0 unspecified atom stereocenters. The summed E-state index contributed by atoms with van der Waals surface area (Å²) in [5.41, 5.74) is 11.1. The van der Waals surface area contributed by atoms with Crippen LogP contribution in [-0.4, -0.2) is 26.1 Å². The van der Waals surface area contributed by atoms with Crippen LogP contribution in [0.25, 0.3) is 76.1 Å². The van der Waals surface area contributed by atoms with Crippen molar-refractivity contribution in [3.63, 3.8) is 0 Å². The van der Waals surface area contributed by atoms with Gasteiger partial charge < -0.3 is 0 Å². The van der Waals surface area contributed by atoms with Crippen molar-refractivity contribution >= 4 is 89.2 Å². The Morgan fingerprint density at radius 1 is 0.253 bits per heavy atom. The Morgan fingerprint density at radius 2 is 0.653 bits per heavy atom. The third-order valence-corrected chi connectivity index (χ3v) is 26.4. The molecule has 0 bridgehead atoms. The van der Waals surface area contributed by atoms with Gasteiger partial charge in [-0.05, 0) is 93.1 Å². The van der Waals surface area contributed by atoms with Crippen molar-refractivity contribution < 1.29 is 0 Å². The van der Waals surface area contributed by atoms with Gasteiger partial charge in [0, 0.05) is 43.7 Å². The van der Waals surface area contributed by atoms with E-state index < -0.39 is 16.1 Å². The molecule has 1 aliphatic rings. The van der Waals surface area contributed by atoms with Crippen molar-refractivity contribution in [3.8, 4) is 55.9 Å². The van der Waals surface area contributed by atoms with Gasteiger partial charge >= 0.3 is 0 Å². The van der Waals surface area contributed by atoms with Crippen LogP contribution >= 0.6 is 11.3 Å². The minimum atomic E-state index is -3.20. The van der Waals surface area contributed by atoms with Gasteiger partial charge in [0.2, 0.25) is 0 Å². The quantitative estimate of drug-likeness (QED) is 0.106. The van der Waals surface area contributed by atoms with Crippen LogP contribution in [0.3, 0.4) is 0 Å². The number of fused-ring (bicyclic) bond motifs is 11. The smallest absolute Gasteiger partial charge is 0.179 e. The topological polar surface area (TPSA) is 25.8 Å². The maximum Gasteiger partial charge on any atom is 0.179 e. The molecule has 0 N–H and O–H groups in total. The Labute approximate surface area is 443 Å². The molecule has 0 saturated carbocycles. The lowest BCUT2D eigenvalue weighted by Crippen LogP contribution is -2.78. The number of hydrogen-bond donors (Lipinski definition) is 0. The van der Waals surface area contributed by atoms with E-state index in [-0.39, 0.29) is 0 Å². The summed E-state index contributed by atoms with van der Waals surface area (Å²) in [7, 11) is -6.32. The minimum Gasteiger partial charge on any atom is -0.254 e. The first kappa shape index (κ1) is 44.8. The summed E-state index contributed by atoms with van der Waals surface area (Å²) in [6.45, 7) is 0. The lowest BCUT2D eigenvalue weighted by Gasteiger charge is -2.38. The molecule has 2 nitrogen and oxygen atoms in total. The first-order valence-electron chi connectivity index (χ1n) is 25.7. The van der Waals surface area contributed by atoms with Crippen LogP contribution in [0.15, 0.2) is 291 Å². The number of thiophene rings is 1. The van der Waals surface area contributed by atoms with E-state index in [4.69, 9.17) is 9.97 Å². The molecule has 0 radical (unpaired) electrons. The highest BCUT2D eigenvalue weighted by molar-refractivity contribution is 7.26. The monoisotopic (exact) mass is 1000 g/mol. The second-order valence-corrected chi connectivity index (χ2v) is 28.2. The van der Waals surface area contributed by atoms with Gasteiger partial charge in [-0.3, -0.25) is 9.97 Å². The van der Waals surface area contributed by atoms with Gasteiger partial charge in [-0.2, -0.15) is 0 Å². The van der Waals surface area contributed by atoms with Gasteiger partial charge in [0.15, 0.2) is 16.1 Å². The summed E-state index contributed by atoms with van der Waals surface area (Å²) in [6.07, 6.45) is 3.78. The Hall–Kier alpha value is -8.85. The third-order valence-electron chi connectivity index (χ3n) is 15.7. The van der Waals surface area contributed by atoms with Crippen molar-refractivity contribution in [2.75, 3.05) is 0 Å². The Balaban J connectivity index is 1.06. The largest absolute Gasteiger partial charge is 0.254 e. The summed E-state index contributed by atoms with van der Waals surface area (Å²) >= 11 is 1.89. The van der Waals surface area contributed by atoms with Crippen molar-refractivity contribution in [1.82, 2.24) is 9.97 Å². The molecule has 3 heterocycles. The molecule has 0 aliphatic heterocycles. The second kappa shape index (κ2) is 18.6. The van der Waals surface area contributed by atoms with Gasteiger partial charge in [0.05, 0.1) is 11.4 Å². The van der Waals surface area contributed by atoms with Crippen molar-refractivity contribution in [1.29, 1.82) is 0 Å². The number of aromatic nitrogens is 2. The van der Waals surface area contributed by atoms with E-state index in [2.05, 4.69) is 273 Å². The maximum atomic E-state index is 5.05. The normalized spacial score (nSPS) is 12.0. The molecule has 3 aromatic heterocycles. The summed E-state index contributed by atoms with van der Waals surface area (Å²) in [5, 5.41) is 13.3. The molecule has 5 heteroatoms. The highest BCUT2D eigenvalue weighted by Gasteiger charge is 2.46. The van der Waals surface area contributed by atoms with Gasteiger partial charge in [-0.15, -0.1) is 11.3 Å². The van der Waals surface area contributed by atoms with E-state index in [9.17, 15) is 0 Å². The van der Waals surface area contributed by atoms with Crippen LogP contribution in [-0.2, 0) is 0 Å². The minimum absolute atomic E-state index is 0.895. The van der Waals surface area contributed by atoms with Gasteiger partial charge in [-0.1, -0.05) is 261 Å². The Kier molecular flexibility index (Phi) is 11.1. The van der Waals surface area contributed by atoms with Crippen LogP contribution < -0.4 is 41.5 Å². The Morgan fingerprint density at radius 3 is 1.23 bits per heavy atom. The van der Waals surface area contributed by atoms with Crippen LogP contribution in [0.5, 0.6) is 0 Å². The van der Waals surface area contributed by atoms with Crippen LogP contribution in [0.4, 0.5) is 0 Å². The number of hydrogen-bond acceptors (Lipinski definition) is 3. The summed E-state index contributed by atoms with van der Waals surface area (Å²) in [4.78, 5) is 10.0. The fourth-order valence-corrected chi connectivity index (χ4v) is 23.4. The van der Waals surface area contributed by atoms with E-state index in [0.29, 0.717) is 0 Å². The van der Waals surface area contributed by atoms with Gasteiger partial charge in [0.25, 0.3) is 0 Å². The standard InChI is InChI=1S/C70H48N2SSi2/c1-5-23-50(24-6-1)74(51-25-7-2-8-26-51,54-31-17-22-49(46-54)58-37-19-38-65-62-36-15-16-41-67(62)73-70(58)65)55-32-18-33-56(47-55)75(52-27-9-3-10-28-52,53-29-11-4-12-30-53)57-42-43-61-64-40-21-45-72-69(64)68-63(39-20-44-71-68)59-34-13-14-35-60(59)66(61)48-57/h1-48H. The first-order chi connectivity index (χ1) is 37.2. The molecular formula is C70H48N2SSi2. The molecular weight excluding hydrogens is 957 g/mol. The van der Waals surface area contributed by atoms with Gasteiger partial charge in [0.1, 0.15) is 0 Å². The zero-order chi connectivity index (χ0) is 49.8. The molecule has 0 fully saturated rings. The van der Waals surface area contributed by atoms with E-state index in [1.807, 2.05) is 29.8 Å². The molecule has 0 amide bonds. The predicted octanol–water partition coefficient (Wildman–Crippen LogP) is 12.2. The van der Waals surface area contributed by atoms with E-state index >= 15 is 0 Å². The lowest BCUT2D eigenvalue weighted by molar-refractivity contribution is 1.25. The lowest BCUT2D eigenvalue weighted by atomic mass is 9.84. The highest BCUT2D eigenvalue weighted by Crippen LogP contribution is 2.46. The highest BCUT2D eigenvalue weighted by atomic mass is 32.1. The fourth-order valence-electron chi connectivity index (χ4n) is 12.4. The summed E-state index contributed by atoms with van der Waals surface area (Å²) < 4.78 is 2.64. The predicted molar refractivity (Wildman–Crippen MR) is 323 cm³/mol. The molecule has 10 aromatic carbocycles. The first-order valence-corrected chi connectivity index (χ1v) is 30.5. The number of nitrogens with zero attached hydrogens (tertiary/aromatic N) is 2. The summed E-state index contributed by atoms with van der Waals surface area (Å²) in [6, 6.07) is 105. The molecule has 0 spiro atoms. The van der Waals surface area contributed by atoms with E-state index in [0.717, 1.165) is 33.6 Å². The van der Waals surface area contributed by atoms with Crippen LogP contribution in [0.1, 0.15) is 0 Å². The van der Waals surface area contributed by atoms with Crippen molar-refractivity contribution in [2.45, 2.75) is 0 Å². The SMILES string of the molecule is c1ccc([Si](c2ccccc2)(c2cccc(-c3cccc4c3sc3ccccc34)c2)c2cccc([Si](c3ccccc3)(c3ccccc3)c3ccc4c(c3)-c3ccccc3-c3cccnc3-c3ncccc3-4)c2)cc1. The number of rotatable bonds is 9. The average Bonchev–Trinajstić information content (AvgIpc) is 3.88. The van der Waals surface area contributed by atoms with Crippen molar-refractivity contribution in [2.24, 2.45) is 0 Å². The molecule has 14 rings (SSSR count). The third kappa shape index (κ3) is 7.19. The number of pyridine rings is 2. The average molecular weight is 1010 g/mol. The van der Waals surface area contributed by atoms with Crippen molar-refractivity contribution in [3.05, 3.63) is 291 Å². The Bertz CT molecular complexity index is 4170. The van der Waals surface area contributed by atoms with E-state index in [1.165, 1.54) is 83.9 Å². The zero-order valence-electron chi connectivity index (χ0n) is 41.0. The summed E-state index contributed by atoms with van der Waals surface area (Å²) in [5.74, 6) is 0. The second-order valence-electron chi connectivity index (χ2n) is 19.5. The fraction of sp³-hybridized carbons (Fsp3) is 0. The molecule has 75 heavy (non-hydrogen) atoms. The maximum absolute atomic E-state index is 5.05. The number of benzene rings is 10. The molecule has 13 aromatic rings. The van der Waals surface area contributed by atoms with E-state index in [1.54, 1.807) is 0 Å².